The van der Waals surface area contributed by atoms with Crippen LogP contribution in [0.15, 0.2) is 29.2 Å². The molecule has 0 saturated carbocycles. The van der Waals surface area contributed by atoms with Crippen molar-refractivity contribution in [2.24, 2.45) is 0 Å². The van der Waals surface area contributed by atoms with Crippen LogP contribution in [-0.4, -0.2) is 42.7 Å². The molecule has 6 nitrogen and oxygen atoms in total. The van der Waals surface area contributed by atoms with Crippen molar-refractivity contribution in [3.05, 3.63) is 45.9 Å². The maximum Gasteiger partial charge on any atom is 0.343 e. The molecule has 0 bridgehead atoms. The average Bonchev–Trinajstić information content (AvgIpc) is 2.62. The van der Waals surface area contributed by atoms with Crippen LogP contribution in [0.3, 0.4) is 0 Å². The summed E-state index contributed by atoms with van der Waals surface area (Å²) in [6.07, 6.45) is 2.50. The smallest absolute Gasteiger partial charge is 0.343 e. The Hall–Kier alpha value is -2.34. The van der Waals surface area contributed by atoms with Gasteiger partial charge in [0.2, 0.25) is 0 Å². The zero-order valence-electron chi connectivity index (χ0n) is 15.0. The number of ether oxygens (including phenoxy) is 1. The molecule has 2 aromatic rings. The molecule has 1 unspecified atom stereocenters. The van der Waals surface area contributed by atoms with Crippen molar-refractivity contribution >= 4 is 17.2 Å². The fourth-order valence-corrected chi connectivity index (χ4v) is 3.35. The van der Waals surface area contributed by atoms with Gasteiger partial charge in [0.15, 0.2) is 0 Å². The van der Waals surface area contributed by atoms with E-state index in [0.717, 1.165) is 42.8 Å². The van der Waals surface area contributed by atoms with Gasteiger partial charge >= 0.3 is 5.97 Å². The highest BCUT2D eigenvalue weighted by Crippen LogP contribution is 2.21. The standard InChI is InChI=1S/C19H25N3O3/c1-4-14-10-16(19(24)25-5-2)18(23)22-8-6-15(11-17(14)22)21-9-7-20-13(3)12-21/h6,8,10-11,13,20H,4-5,7,9,12H2,1-3H3. The number of anilines is 1. The highest BCUT2D eigenvalue weighted by atomic mass is 16.5. The molecule has 1 N–H and O–H groups in total. The van der Waals surface area contributed by atoms with E-state index in [1.165, 1.54) is 0 Å². The minimum absolute atomic E-state index is 0.0970. The van der Waals surface area contributed by atoms with Gasteiger partial charge in [-0.05, 0) is 44.0 Å². The van der Waals surface area contributed by atoms with E-state index in [4.69, 9.17) is 4.74 Å². The van der Waals surface area contributed by atoms with Gasteiger partial charge in [-0.1, -0.05) is 6.92 Å². The lowest BCUT2D eigenvalue weighted by Crippen LogP contribution is -2.49. The van der Waals surface area contributed by atoms with Crippen LogP contribution in [0.25, 0.3) is 5.52 Å². The Morgan fingerprint density at radius 2 is 2.16 bits per heavy atom. The summed E-state index contributed by atoms with van der Waals surface area (Å²) in [5.74, 6) is -0.559. The zero-order valence-corrected chi connectivity index (χ0v) is 15.0. The second-order valence-electron chi connectivity index (χ2n) is 6.40. The molecule has 25 heavy (non-hydrogen) atoms. The molecule has 2 aromatic heterocycles. The van der Waals surface area contributed by atoms with Gasteiger partial charge in [-0.15, -0.1) is 0 Å². The number of aromatic nitrogens is 1. The zero-order chi connectivity index (χ0) is 18.0. The van der Waals surface area contributed by atoms with E-state index in [2.05, 4.69) is 17.1 Å². The predicted molar refractivity (Wildman–Crippen MR) is 98.7 cm³/mol. The van der Waals surface area contributed by atoms with Gasteiger partial charge in [0, 0.05) is 37.6 Å². The third kappa shape index (κ3) is 3.39. The Labute approximate surface area is 147 Å². The lowest BCUT2D eigenvalue weighted by atomic mass is 10.1. The van der Waals surface area contributed by atoms with Crippen molar-refractivity contribution in [2.45, 2.75) is 33.2 Å². The van der Waals surface area contributed by atoms with Gasteiger partial charge in [0.25, 0.3) is 5.56 Å². The summed E-state index contributed by atoms with van der Waals surface area (Å²) < 4.78 is 6.58. The topological polar surface area (TPSA) is 63.1 Å². The number of piperazine rings is 1. The SMILES string of the molecule is CCOC(=O)c1cc(CC)c2cc(N3CCNC(C)C3)ccn2c1=O. The van der Waals surface area contributed by atoms with E-state index < -0.39 is 5.97 Å². The number of nitrogens with one attached hydrogen (secondary N) is 1. The van der Waals surface area contributed by atoms with E-state index in [1.54, 1.807) is 23.6 Å². The summed E-state index contributed by atoms with van der Waals surface area (Å²) in [7, 11) is 0. The Balaban J connectivity index is 2.09. The van der Waals surface area contributed by atoms with Crippen LogP contribution in [0, 0.1) is 0 Å². The normalized spacial score (nSPS) is 17.7. The van der Waals surface area contributed by atoms with Gasteiger partial charge in [-0.3, -0.25) is 9.20 Å². The number of pyridine rings is 2. The van der Waals surface area contributed by atoms with Crippen LogP contribution in [0.1, 0.15) is 36.7 Å². The highest BCUT2D eigenvalue weighted by Gasteiger charge is 2.19. The first-order valence-electron chi connectivity index (χ1n) is 8.88. The van der Waals surface area contributed by atoms with Crippen molar-refractivity contribution in [3.8, 4) is 0 Å². The molecule has 0 aliphatic carbocycles. The van der Waals surface area contributed by atoms with Crippen LogP contribution in [0.2, 0.25) is 0 Å². The van der Waals surface area contributed by atoms with Gasteiger partial charge < -0.3 is 15.0 Å². The molecular weight excluding hydrogens is 318 g/mol. The summed E-state index contributed by atoms with van der Waals surface area (Å²) in [6, 6.07) is 6.11. The highest BCUT2D eigenvalue weighted by molar-refractivity contribution is 5.90. The summed E-state index contributed by atoms with van der Waals surface area (Å²) in [5.41, 5.74) is 2.69. The van der Waals surface area contributed by atoms with Crippen LogP contribution < -0.4 is 15.8 Å². The Morgan fingerprint density at radius 1 is 1.36 bits per heavy atom. The van der Waals surface area contributed by atoms with Crippen LogP contribution >= 0.6 is 0 Å². The van der Waals surface area contributed by atoms with Crippen LogP contribution in [-0.2, 0) is 11.2 Å². The summed E-state index contributed by atoms with van der Waals surface area (Å²) in [5, 5.41) is 3.43. The first kappa shape index (κ1) is 17.5. The van der Waals surface area contributed by atoms with Crippen LogP contribution in [0.5, 0.6) is 0 Å². The monoisotopic (exact) mass is 343 g/mol. The number of hydrogen-bond donors (Lipinski definition) is 1. The van der Waals surface area contributed by atoms with E-state index in [0.29, 0.717) is 6.04 Å². The maximum atomic E-state index is 12.7. The fraction of sp³-hybridized carbons (Fsp3) is 0.474. The number of hydrogen-bond acceptors (Lipinski definition) is 5. The Morgan fingerprint density at radius 3 is 2.84 bits per heavy atom. The number of carbonyl (C=O) groups excluding carboxylic acids is 1. The van der Waals surface area contributed by atoms with Crippen molar-refractivity contribution < 1.29 is 9.53 Å². The molecule has 3 rings (SSSR count). The molecule has 134 valence electrons. The first-order valence-corrected chi connectivity index (χ1v) is 8.88. The van der Waals surface area contributed by atoms with Gasteiger partial charge in [-0.2, -0.15) is 0 Å². The minimum atomic E-state index is -0.559. The molecule has 0 amide bonds. The fourth-order valence-electron chi connectivity index (χ4n) is 3.35. The first-order chi connectivity index (χ1) is 12.0. The molecule has 6 heteroatoms. The second kappa shape index (κ2) is 7.27. The maximum absolute atomic E-state index is 12.7. The number of carbonyl (C=O) groups is 1. The minimum Gasteiger partial charge on any atom is -0.462 e. The molecule has 0 radical (unpaired) electrons. The van der Waals surface area contributed by atoms with Crippen molar-refractivity contribution in [1.82, 2.24) is 9.72 Å². The lowest BCUT2D eigenvalue weighted by molar-refractivity contribution is 0.0524. The van der Waals surface area contributed by atoms with Crippen molar-refractivity contribution in [1.29, 1.82) is 0 Å². The average molecular weight is 343 g/mol. The molecule has 1 atom stereocenters. The molecule has 1 aliphatic heterocycles. The van der Waals surface area contributed by atoms with Gasteiger partial charge in [-0.25, -0.2) is 4.79 Å². The lowest BCUT2D eigenvalue weighted by Gasteiger charge is -2.33. The summed E-state index contributed by atoms with van der Waals surface area (Å²) in [4.78, 5) is 27.1. The number of rotatable bonds is 4. The summed E-state index contributed by atoms with van der Waals surface area (Å²) >= 11 is 0. The third-order valence-electron chi connectivity index (χ3n) is 4.65. The largest absolute Gasteiger partial charge is 0.462 e. The van der Waals surface area contributed by atoms with E-state index in [1.807, 2.05) is 19.1 Å². The predicted octanol–water partition coefficient (Wildman–Crippen LogP) is 1.84. The van der Waals surface area contributed by atoms with E-state index in [-0.39, 0.29) is 17.7 Å². The number of esters is 1. The number of nitrogens with zero attached hydrogens (tertiary/aromatic N) is 2. The van der Waals surface area contributed by atoms with Crippen LogP contribution in [0.4, 0.5) is 5.69 Å². The van der Waals surface area contributed by atoms with Gasteiger partial charge in [0.05, 0.1) is 12.1 Å². The van der Waals surface area contributed by atoms with Crippen molar-refractivity contribution in [2.75, 3.05) is 31.1 Å². The molecule has 1 fully saturated rings. The van der Waals surface area contributed by atoms with E-state index >= 15 is 0 Å². The number of fused-ring (bicyclic) bond motifs is 1. The molecule has 1 aliphatic rings. The summed E-state index contributed by atoms with van der Waals surface area (Å²) in [6.45, 7) is 8.99. The van der Waals surface area contributed by atoms with Gasteiger partial charge in [0.1, 0.15) is 5.56 Å². The Bertz CT molecular complexity index is 844. The van der Waals surface area contributed by atoms with E-state index in [9.17, 15) is 9.59 Å². The molecule has 0 aromatic carbocycles. The molecule has 3 heterocycles. The quantitative estimate of drug-likeness (QED) is 0.858. The Kier molecular flexibility index (Phi) is 5.08. The van der Waals surface area contributed by atoms with Crippen molar-refractivity contribution in [3.63, 3.8) is 0 Å². The molecular formula is C19H25N3O3. The second-order valence-corrected chi connectivity index (χ2v) is 6.40. The molecule has 0 spiro atoms. The number of aryl methyl sites for hydroxylation is 1. The third-order valence-corrected chi connectivity index (χ3v) is 4.65. The molecule has 1 saturated heterocycles.